The third-order valence-electron chi connectivity index (χ3n) is 7.02. The van der Waals surface area contributed by atoms with Gasteiger partial charge in [0, 0.05) is 23.9 Å². The van der Waals surface area contributed by atoms with Gasteiger partial charge in [0.05, 0.1) is 0 Å². The van der Waals surface area contributed by atoms with E-state index in [4.69, 9.17) is 4.42 Å². The summed E-state index contributed by atoms with van der Waals surface area (Å²) in [6.45, 7) is 10.1. The molecular formula is C23H37N3O2. The lowest BCUT2D eigenvalue weighted by Crippen LogP contribution is -2.49. The molecule has 1 aliphatic carbocycles. The molecule has 5 heteroatoms. The summed E-state index contributed by atoms with van der Waals surface area (Å²) in [4.78, 5) is 17.5. The molecule has 0 bridgehead atoms. The molecule has 5 nitrogen and oxygen atoms in total. The Kier molecular flexibility index (Phi) is 6.42. The van der Waals surface area contributed by atoms with E-state index >= 15 is 0 Å². The van der Waals surface area contributed by atoms with Crippen LogP contribution in [0.3, 0.4) is 0 Å². The molecule has 1 aromatic rings. The Morgan fingerprint density at radius 3 is 2.43 bits per heavy atom. The number of likely N-dealkylation sites (tertiary alicyclic amines) is 2. The van der Waals surface area contributed by atoms with Crippen molar-refractivity contribution in [2.24, 2.45) is 5.92 Å². The Labute approximate surface area is 169 Å². The topological polar surface area (TPSA) is 48.7 Å². The van der Waals surface area contributed by atoms with Gasteiger partial charge in [0.2, 0.25) is 5.91 Å². The number of amides is 1. The van der Waals surface area contributed by atoms with Crippen LogP contribution in [0, 0.1) is 12.8 Å². The summed E-state index contributed by atoms with van der Waals surface area (Å²) in [5.41, 5.74) is 0. The fourth-order valence-corrected chi connectivity index (χ4v) is 4.82. The summed E-state index contributed by atoms with van der Waals surface area (Å²) in [6.07, 6.45) is 8.16. The van der Waals surface area contributed by atoms with Crippen LogP contribution >= 0.6 is 0 Å². The first-order valence-electron chi connectivity index (χ1n) is 11.4. The second kappa shape index (κ2) is 9.00. The molecule has 1 aromatic heterocycles. The van der Waals surface area contributed by atoms with E-state index in [-0.39, 0.29) is 5.92 Å². The highest BCUT2D eigenvalue weighted by Gasteiger charge is 2.32. The molecule has 3 aliphatic rings. The zero-order valence-corrected chi connectivity index (χ0v) is 17.7. The van der Waals surface area contributed by atoms with Gasteiger partial charge in [-0.05, 0) is 96.7 Å². The monoisotopic (exact) mass is 387 g/mol. The molecule has 4 rings (SSSR count). The highest BCUT2D eigenvalue weighted by Crippen LogP contribution is 2.27. The molecule has 1 atom stereocenters. The van der Waals surface area contributed by atoms with Gasteiger partial charge in [-0.3, -0.25) is 4.79 Å². The lowest BCUT2D eigenvalue weighted by molar-refractivity contribution is -0.126. The molecule has 1 saturated carbocycles. The van der Waals surface area contributed by atoms with Gasteiger partial charge in [0.15, 0.2) is 0 Å². The number of nitrogens with zero attached hydrogens (tertiary/aromatic N) is 2. The molecule has 3 fully saturated rings. The second-order valence-corrected chi connectivity index (χ2v) is 9.30. The van der Waals surface area contributed by atoms with E-state index in [1.54, 1.807) is 0 Å². The Balaban J connectivity index is 1.14. The predicted octanol–water partition coefficient (Wildman–Crippen LogP) is 3.54. The number of aryl methyl sites for hydroxylation is 1. The number of furan rings is 1. The van der Waals surface area contributed by atoms with Gasteiger partial charge in [-0.2, -0.15) is 0 Å². The molecule has 0 radical (unpaired) electrons. The average Bonchev–Trinajstić information content (AvgIpc) is 3.43. The van der Waals surface area contributed by atoms with E-state index in [1.165, 1.54) is 45.2 Å². The first-order chi connectivity index (χ1) is 13.6. The van der Waals surface area contributed by atoms with Gasteiger partial charge in [0.25, 0.3) is 0 Å². The van der Waals surface area contributed by atoms with Crippen LogP contribution in [0.2, 0.25) is 0 Å². The Morgan fingerprint density at radius 1 is 1.11 bits per heavy atom. The maximum Gasteiger partial charge on any atom is 0.223 e. The van der Waals surface area contributed by atoms with E-state index in [1.807, 2.05) is 6.92 Å². The quantitative estimate of drug-likeness (QED) is 0.777. The molecule has 1 unspecified atom stereocenters. The van der Waals surface area contributed by atoms with Crippen LogP contribution in [0.25, 0.3) is 0 Å². The zero-order valence-electron chi connectivity index (χ0n) is 17.7. The molecule has 0 spiro atoms. The molecular weight excluding hydrogens is 350 g/mol. The summed E-state index contributed by atoms with van der Waals surface area (Å²) in [5.74, 6) is 3.20. The van der Waals surface area contributed by atoms with Crippen LogP contribution in [0.5, 0.6) is 0 Å². The number of rotatable bonds is 7. The first kappa shape index (κ1) is 20.0. The van der Waals surface area contributed by atoms with Crippen molar-refractivity contribution in [3.8, 4) is 0 Å². The van der Waals surface area contributed by atoms with Gasteiger partial charge in [-0.1, -0.05) is 6.92 Å². The molecule has 2 saturated heterocycles. The molecule has 2 aliphatic heterocycles. The third kappa shape index (κ3) is 5.18. The minimum Gasteiger partial charge on any atom is -0.466 e. The van der Waals surface area contributed by atoms with Crippen LogP contribution in [-0.2, 0) is 4.79 Å². The van der Waals surface area contributed by atoms with Crippen molar-refractivity contribution < 1.29 is 9.21 Å². The van der Waals surface area contributed by atoms with Crippen molar-refractivity contribution in [1.82, 2.24) is 15.1 Å². The molecule has 3 heterocycles. The van der Waals surface area contributed by atoms with Crippen LogP contribution in [0.1, 0.15) is 69.3 Å². The Hall–Kier alpha value is -1.33. The zero-order chi connectivity index (χ0) is 19.5. The lowest BCUT2D eigenvalue weighted by Gasteiger charge is -2.41. The summed E-state index contributed by atoms with van der Waals surface area (Å²) in [7, 11) is 0. The number of carbonyl (C=O) groups excluding carboxylic acids is 1. The summed E-state index contributed by atoms with van der Waals surface area (Å²) >= 11 is 0. The summed E-state index contributed by atoms with van der Waals surface area (Å²) in [6, 6.07) is 5.40. The van der Waals surface area contributed by atoms with Crippen molar-refractivity contribution in [1.29, 1.82) is 0 Å². The number of piperidine rings is 2. The van der Waals surface area contributed by atoms with Crippen LogP contribution < -0.4 is 5.32 Å². The molecule has 1 amide bonds. The fraction of sp³-hybridized carbons (Fsp3) is 0.783. The van der Waals surface area contributed by atoms with Crippen molar-refractivity contribution in [3.63, 3.8) is 0 Å². The molecule has 0 aromatic carbocycles. The van der Waals surface area contributed by atoms with Gasteiger partial charge in [0.1, 0.15) is 11.5 Å². The SMILES string of the molecule is Cc1ccc(C(C)CCN2CCC(N3CCC(C(=O)NC4CC4)CC3)CC2)o1. The Bertz CT molecular complexity index is 638. The lowest BCUT2D eigenvalue weighted by atomic mass is 9.92. The number of hydrogen-bond donors (Lipinski definition) is 1. The maximum atomic E-state index is 12.3. The van der Waals surface area contributed by atoms with E-state index in [2.05, 4.69) is 34.2 Å². The van der Waals surface area contributed by atoms with E-state index < -0.39 is 0 Å². The minimum atomic E-state index is 0.253. The standard InChI is InChI=1S/C23H37N3O2/c1-17(22-6-3-18(2)28-22)7-12-25-13-10-21(11-14-25)26-15-8-19(9-16-26)23(27)24-20-4-5-20/h3,6,17,19-21H,4-5,7-16H2,1-2H3,(H,24,27). The smallest absolute Gasteiger partial charge is 0.223 e. The van der Waals surface area contributed by atoms with Gasteiger partial charge in [-0.25, -0.2) is 0 Å². The highest BCUT2D eigenvalue weighted by molar-refractivity contribution is 5.79. The summed E-state index contributed by atoms with van der Waals surface area (Å²) in [5, 5.41) is 3.19. The van der Waals surface area contributed by atoms with Crippen molar-refractivity contribution in [2.75, 3.05) is 32.7 Å². The van der Waals surface area contributed by atoms with Crippen molar-refractivity contribution >= 4 is 5.91 Å². The molecule has 1 N–H and O–H groups in total. The maximum absolute atomic E-state index is 12.3. The number of nitrogens with one attached hydrogen (secondary N) is 1. The largest absolute Gasteiger partial charge is 0.466 e. The first-order valence-corrected chi connectivity index (χ1v) is 11.4. The van der Waals surface area contributed by atoms with Crippen LogP contribution in [0.15, 0.2) is 16.5 Å². The van der Waals surface area contributed by atoms with Crippen LogP contribution in [0.4, 0.5) is 0 Å². The van der Waals surface area contributed by atoms with E-state index in [0.29, 0.717) is 23.9 Å². The average molecular weight is 388 g/mol. The molecule has 28 heavy (non-hydrogen) atoms. The number of carbonyl (C=O) groups is 1. The van der Waals surface area contributed by atoms with Crippen molar-refractivity contribution in [2.45, 2.75) is 76.8 Å². The summed E-state index contributed by atoms with van der Waals surface area (Å²) < 4.78 is 5.78. The van der Waals surface area contributed by atoms with E-state index in [0.717, 1.165) is 44.0 Å². The molecule has 156 valence electrons. The van der Waals surface area contributed by atoms with Gasteiger partial charge in [-0.15, -0.1) is 0 Å². The second-order valence-electron chi connectivity index (χ2n) is 9.30. The third-order valence-corrected chi connectivity index (χ3v) is 7.02. The highest BCUT2D eigenvalue weighted by atomic mass is 16.3. The van der Waals surface area contributed by atoms with E-state index in [9.17, 15) is 4.79 Å². The normalized spacial score (nSPS) is 24.4. The van der Waals surface area contributed by atoms with Crippen LogP contribution in [-0.4, -0.2) is 60.5 Å². The van der Waals surface area contributed by atoms with Gasteiger partial charge >= 0.3 is 0 Å². The number of hydrogen-bond acceptors (Lipinski definition) is 4. The van der Waals surface area contributed by atoms with Crippen molar-refractivity contribution in [3.05, 3.63) is 23.7 Å². The predicted molar refractivity (Wildman–Crippen MR) is 111 cm³/mol. The Morgan fingerprint density at radius 2 is 1.82 bits per heavy atom. The van der Waals surface area contributed by atoms with Gasteiger partial charge < -0.3 is 19.5 Å². The fourth-order valence-electron chi connectivity index (χ4n) is 4.82. The minimum absolute atomic E-state index is 0.253.